The van der Waals surface area contributed by atoms with Crippen LogP contribution in [0.15, 0.2) is 18.2 Å². The number of aliphatic hydroxyl groups is 1. The van der Waals surface area contributed by atoms with Crippen LogP contribution in [0.5, 0.6) is 5.75 Å². The maximum atomic E-state index is 11.2. The summed E-state index contributed by atoms with van der Waals surface area (Å²) in [4.78, 5) is 11.2. The number of carbonyl (C=O) groups excluding carboxylic acids is 1. The van der Waals surface area contributed by atoms with Crippen LogP contribution in [-0.2, 0) is 6.61 Å². The van der Waals surface area contributed by atoms with E-state index in [0.717, 1.165) is 0 Å². The molecule has 0 bridgehead atoms. The van der Waals surface area contributed by atoms with Gasteiger partial charge in [0.25, 0.3) is 0 Å². The summed E-state index contributed by atoms with van der Waals surface area (Å²) in [5, 5.41) is 18.0. The lowest BCUT2D eigenvalue weighted by Crippen LogP contribution is -1.97. The lowest BCUT2D eigenvalue weighted by atomic mass is 10.1. The van der Waals surface area contributed by atoms with Crippen LogP contribution in [0.1, 0.15) is 29.3 Å². The lowest BCUT2D eigenvalue weighted by Gasteiger charge is -2.03. The predicted octanol–water partition coefficient (Wildman–Crippen LogP) is 1.48. The van der Waals surface area contributed by atoms with Gasteiger partial charge in [-0.2, -0.15) is 0 Å². The lowest BCUT2D eigenvalue weighted by molar-refractivity contribution is 0.0988. The molecule has 0 amide bonds. The highest BCUT2D eigenvalue weighted by Gasteiger charge is 2.06. The number of hydrogen-bond acceptors (Lipinski definition) is 3. The molecule has 13 heavy (non-hydrogen) atoms. The summed E-state index contributed by atoms with van der Waals surface area (Å²) in [7, 11) is 0. The average molecular weight is 180 g/mol. The Hall–Kier alpha value is -1.35. The first kappa shape index (κ1) is 9.74. The molecule has 3 heteroatoms. The topological polar surface area (TPSA) is 57.5 Å². The van der Waals surface area contributed by atoms with E-state index in [1.54, 1.807) is 13.0 Å². The zero-order valence-corrected chi connectivity index (χ0v) is 7.45. The second-order valence-electron chi connectivity index (χ2n) is 2.78. The molecular formula is C10H12O3. The van der Waals surface area contributed by atoms with Crippen molar-refractivity contribution in [3.8, 4) is 5.75 Å². The second kappa shape index (κ2) is 4.05. The molecule has 0 saturated heterocycles. The van der Waals surface area contributed by atoms with Crippen molar-refractivity contribution >= 4 is 5.78 Å². The van der Waals surface area contributed by atoms with Crippen LogP contribution < -0.4 is 0 Å². The molecule has 0 atom stereocenters. The first-order chi connectivity index (χ1) is 6.19. The SMILES string of the molecule is CCC(=O)c1ccc(O)c(CO)c1. The minimum atomic E-state index is -0.253. The number of phenols is 1. The van der Waals surface area contributed by atoms with Crippen LogP contribution in [0.4, 0.5) is 0 Å². The highest BCUT2D eigenvalue weighted by molar-refractivity contribution is 5.96. The Morgan fingerprint density at radius 3 is 2.69 bits per heavy atom. The van der Waals surface area contributed by atoms with Gasteiger partial charge in [0.05, 0.1) is 6.61 Å². The number of benzene rings is 1. The van der Waals surface area contributed by atoms with Gasteiger partial charge in [0.15, 0.2) is 5.78 Å². The Morgan fingerprint density at radius 2 is 2.15 bits per heavy atom. The van der Waals surface area contributed by atoms with Crippen molar-refractivity contribution in [2.45, 2.75) is 20.0 Å². The monoisotopic (exact) mass is 180 g/mol. The van der Waals surface area contributed by atoms with Gasteiger partial charge in [0, 0.05) is 17.5 Å². The van der Waals surface area contributed by atoms with E-state index in [2.05, 4.69) is 0 Å². The summed E-state index contributed by atoms with van der Waals surface area (Å²) in [6.45, 7) is 1.52. The van der Waals surface area contributed by atoms with E-state index in [0.29, 0.717) is 17.5 Å². The van der Waals surface area contributed by atoms with E-state index in [9.17, 15) is 9.90 Å². The minimum absolute atomic E-state index is 0.00898. The summed E-state index contributed by atoms with van der Waals surface area (Å²) in [5.74, 6) is 0.0323. The largest absolute Gasteiger partial charge is 0.508 e. The maximum absolute atomic E-state index is 11.2. The standard InChI is InChI=1S/C10H12O3/c1-2-9(12)7-3-4-10(13)8(5-7)6-11/h3-5,11,13H,2,6H2,1H3. The van der Waals surface area contributed by atoms with Crippen molar-refractivity contribution in [1.82, 2.24) is 0 Å². The molecule has 1 aromatic rings. The van der Waals surface area contributed by atoms with Crippen molar-refractivity contribution in [2.75, 3.05) is 0 Å². The fourth-order valence-electron chi connectivity index (χ4n) is 1.09. The van der Waals surface area contributed by atoms with Crippen LogP contribution in [0.2, 0.25) is 0 Å². The van der Waals surface area contributed by atoms with Gasteiger partial charge in [-0.3, -0.25) is 4.79 Å². The number of hydrogen-bond donors (Lipinski definition) is 2. The van der Waals surface area contributed by atoms with Crippen LogP contribution in [-0.4, -0.2) is 16.0 Å². The van der Waals surface area contributed by atoms with Gasteiger partial charge >= 0.3 is 0 Å². The molecule has 0 aliphatic carbocycles. The fourth-order valence-corrected chi connectivity index (χ4v) is 1.09. The molecule has 0 radical (unpaired) electrons. The number of rotatable bonds is 3. The summed E-state index contributed by atoms with van der Waals surface area (Å²) in [6, 6.07) is 4.50. The number of carbonyl (C=O) groups is 1. The molecule has 0 spiro atoms. The molecule has 2 N–H and O–H groups in total. The number of aliphatic hydroxyl groups excluding tert-OH is 1. The zero-order valence-electron chi connectivity index (χ0n) is 7.45. The molecule has 0 aliphatic rings. The van der Waals surface area contributed by atoms with Crippen LogP contribution in [0.25, 0.3) is 0 Å². The van der Waals surface area contributed by atoms with Crippen LogP contribution in [0, 0.1) is 0 Å². The third-order valence-electron chi connectivity index (χ3n) is 1.89. The fraction of sp³-hybridized carbons (Fsp3) is 0.300. The molecule has 70 valence electrons. The molecule has 0 aliphatic heterocycles. The van der Waals surface area contributed by atoms with E-state index in [-0.39, 0.29) is 18.1 Å². The van der Waals surface area contributed by atoms with Crippen molar-refractivity contribution in [3.63, 3.8) is 0 Å². The van der Waals surface area contributed by atoms with E-state index >= 15 is 0 Å². The van der Waals surface area contributed by atoms with Crippen LogP contribution >= 0.6 is 0 Å². The third-order valence-corrected chi connectivity index (χ3v) is 1.89. The average Bonchev–Trinajstić information content (AvgIpc) is 2.17. The van der Waals surface area contributed by atoms with Crippen molar-refractivity contribution < 1.29 is 15.0 Å². The quantitative estimate of drug-likeness (QED) is 0.692. The van der Waals surface area contributed by atoms with Crippen molar-refractivity contribution in [1.29, 1.82) is 0 Å². The highest BCUT2D eigenvalue weighted by atomic mass is 16.3. The molecule has 0 unspecified atom stereocenters. The molecular weight excluding hydrogens is 168 g/mol. The Labute approximate surface area is 76.6 Å². The molecule has 0 saturated carbocycles. The van der Waals surface area contributed by atoms with Gasteiger partial charge < -0.3 is 10.2 Å². The number of Topliss-reactive ketones (excluding diaryl/α,β-unsaturated/α-hetero) is 1. The second-order valence-corrected chi connectivity index (χ2v) is 2.78. The number of ketones is 1. The van der Waals surface area contributed by atoms with Gasteiger partial charge in [0.1, 0.15) is 5.75 Å². The predicted molar refractivity (Wildman–Crippen MR) is 48.7 cm³/mol. The summed E-state index contributed by atoms with van der Waals surface area (Å²) < 4.78 is 0. The van der Waals surface area contributed by atoms with Gasteiger partial charge in [0.2, 0.25) is 0 Å². The highest BCUT2D eigenvalue weighted by Crippen LogP contribution is 2.18. The zero-order chi connectivity index (χ0) is 9.84. The molecule has 1 aromatic carbocycles. The van der Waals surface area contributed by atoms with E-state index in [4.69, 9.17) is 5.11 Å². The van der Waals surface area contributed by atoms with Gasteiger partial charge in [-0.05, 0) is 18.2 Å². The molecule has 1 rings (SSSR count). The van der Waals surface area contributed by atoms with E-state index in [1.807, 2.05) is 0 Å². The van der Waals surface area contributed by atoms with E-state index < -0.39 is 0 Å². The Balaban J connectivity index is 3.06. The smallest absolute Gasteiger partial charge is 0.162 e. The van der Waals surface area contributed by atoms with E-state index in [1.165, 1.54) is 12.1 Å². The number of aromatic hydroxyl groups is 1. The van der Waals surface area contributed by atoms with Crippen LogP contribution in [0.3, 0.4) is 0 Å². The van der Waals surface area contributed by atoms with Crippen molar-refractivity contribution in [3.05, 3.63) is 29.3 Å². The minimum Gasteiger partial charge on any atom is -0.508 e. The first-order valence-corrected chi connectivity index (χ1v) is 4.15. The molecule has 0 fully saturated rings. The Kier molecular flexibility index (Phi) is 3.03. The summed E-state index contributed by atoms with van der Waals surface area (Å²) >= 11 is 0. The Morgan fingerprint density at radius 1 is 1.46 bits per heavy atom. The third kappa shape index (κ3) is 2.06. The van der Waals surface area contributed by atoms with Gasteiger partial charge in [-0.15, -0.1) is 0 Å². The van der Waals surface area contributed by atoms with Gasteiger partial charge in [-0.25, -0.2) is 0 Å². The van der Waals surface area contributed by atoms with Crippen molar-refractivity contribution in [2.24, 2.45) is 0 Å². The first-order valence-electron chi connectivity index (χ1n) is 4.15. The van der Waals surface area contributed by atoms with Gasteiger partial charge in [-0.1, -0.05) is 6.92 Å². The Bertz CT molecular complexity index is 318. The summed E-state index contributed by atoms with van der Waals surface area (Å²) in [5.41, 5.74) is 0.920. The molecule has 0 aromatic heterocycles. The normalized spacial score (nSPS) is 10.0. The molecule has 0 heterocycles. The summed E-state index contributed by atoms with van der Waals surface area (Å²) in [6.07, 6.45) is 0.426. The molecule has 3 nitrogen and oxygen atoms in total. The maximum Gasteiger partial charge on any atom is 0.162 e.